The third kappa shape index (κ3) is 3.34. The van der Waals surface area contributed by atoms with Crippen LogP contribution < -0.4 is 10.5 Å². The molecule has 0 fully saturated rings. The molecule has 0 saturated heterocycles. The summed E-state index contributed by atoms with van der Waals surface area (Å²) in [7, 11) is 0. The number of benzene rings is 2. The highest BCUT2D eigenvalue weighted by Crippen LogP contribution is 2.48. The van der Waals surface area contributed by atoms with Gasteiger partial charge in [0, 0.05) is 5.92 Å². The molecule has 1 aliphatic rings. The van der Waals surface area contributed by atoms with Crippen LogP contribution in [0.15, 0.2) is 54.6 Å². The summed E-state index contributed by atoms with van der Waals surface area (Å²) in [5.74, 6) is 2.36. The van der Waals surface area contributed by atoms with Crippen molar-refractivity contribution in [3.05, 3.63) is 65.7 Å². The van der Waals surface area contributed by atoms with Gasteiger partial charge in [-0.1, -0.05) is 55.5 Å². The number of nitrogens with two attached hydrogens (primary N) is 1. The molecule has 3 unspecified atom stereocenters. The van der Waals surface area contributed by atoms with Gasteiger partial charge in [-0.15, -0.1) is 0 Å². The lowest BCUT2D eigenvalue weighted by Gasteiger charge is -2.47. The van der Waals surface area contributed by atoms with E-state index in [2.05, 4.69) is 75.4 Å². The van der Waals surface area contributed by atoms with Gasteiger partial charge >= 0.3 is 0 Å². The number of rotatable bonds is 5. The van der Waals surface area contributed by atoms with Gasteiger partial charge < -0.3 is 10.5 Å². The van der Waals surface area contributed by atoms with E-state index >= 15 is 0 Å². The van der Waals surface area contributed by atoms with Crippen LogP contribution in [-0.2, 0) is 6.42 Å². The summed E-state index contributed by atoms with van der Waals surface area (Å²) < 4.78 is 6.29. The van der Waals surface area contributed by atoms with E-state index in [4.69, 9.17) is 10.5 Å². The molecule has 0 aliphatic carbocycles. The van der Waals surface area contributed by atoms with E-state index in [1.54, 1.807) is 0 Å². The van der Waals surface area contributed by atoms with Crippen LogP contribution in [0.5, 0.6) is 5.75 Å². The van der Waals surface area contributed by atoms with Crippen molar-refractivity contribution in [1.29, 1.82) is 0 Å². The molecule has 2 aromatic rings. The summed E-state index contributed by atoms with van der Waals surface area (Å²) in [6.45, 7) is 7.38. The van der Waals surface area contributed by atoms with Gasteiger partial charge in [-0.2, -0.15) is 0 Å². The second kappa shape index (κ2) is 6.98. The first-order valence-electron chi connectivity index (χ1n) is 9.05. The molecule has 128 valence electrons. The first-order valence-corrected chi connectivity index (χ1v) is 9.05. The maximum atomic E-state index is 6.29. The number of ether oxygens (including phenoxy) is 1. The Kier molecular flexibility index (Phi) is 4.96. The molecule has 0 saturated carbocycles. The molecular formula is C22H29NO. The van der Waals surface area contributed by atoms with Crippen LogP contribution >= 0.6 is 0 Å². The van der Waals surface area contributed by atoms with Crippen molar-refractivity contribution in [1.82, 2.24) is 0 Å². The lowest BCUT2D eigenvalue weighted by Crippen LogP contribution is -2.49. The van der Waals surface area contributed by atoms with E-state index in [9.17, 15) is 0 Å². The van der Waals surface area contributed by atoms with Crippen molar-refractivity contribution in [3.8, 4) is 5.75 Å². The average molecular weight is 323 g/mol. The molecular weight excluding hydrogens is 294 g/mol. The van der Waals surface area contributed by atoms with E-state index in [0.717, 1.165) is 18.6 Å². The molecule has 2 N–H and O–H groups in total. The fourth-order valence-electron chi connectivity index (χ4n) is 4.21. The first kappa shape index (κ1) is 17.0. The zero-order valence-electron chi connectivity index (χ0n) is 15.0. The average Bonchev–Trinajstić information content (AvgIpc) is 2.58. The van der Waals surface area contributed by atoms with Gasteiger partial charge in [0.05, 0.1) is 0 Å². The van der Waals surface area contributed by atoms with Gasteiger partial charge in [0.2, 0.25) is 0 Å². The number of hydrogen-bond acceptors (Lipinski definition) is 2. The van der Waals surface area contributed by atoms with E-state index in [-0.39, 0.29) is 5.60 Å². The van der Waals surface area contributed by atoms with E-state index in [1.165, 1.54) is 11.1 Å². The first-order chi connectivity index (χ1) is 11.5. The Hall–Kier alpha value is -1.80. The highest BCUT2D eigenvalue weighted by molar-refractivity contribution is 5.40. The quantitative estimate of drug-likeness (QED) is 0.859. The summed E-state index contributed by atoms with van der Waals surface area (Å²) in [5.41, 5.74) is 8.70. The minimum atomic E-state index is -0.227. The van der Waals surface area contributed by atoms with Gasteiger partial charge in [0.1, 0.15) is 11.4 Å². The second-order valence-electron chi connectivity index (χ2n) is 7.61. The Morgan fingerprint density at radius 1 is 1.04 bits per heavy atom. The Bertz CT molecular complexity index is 665. The molecule has 3 atom stereocenters. The molecule has 0 radical (unpaired) electrons. The number of hydrogen-bond donors (Lipinski definition) is 1. The monoisotopic (exact) mass is 323 g/mol. The Morgan fingerprint density at radius 3 is 2.42 bits per heavy atom. The largest absolute Gasteiger partial charge is 0.487 e. The molecule has 24 heavy (non-hydrogen) atoms. The molecule has 2 nitrogen and oxygen atoms in total. The molecule has 0 spiro atoms. The van der Waals surface area contributed by atoms with Crippen LogP contribution in [0.2, 0.25) is 0 Å². The molecule has 2 heteroatoms. The van der Waals surface area contributed by atoms with Crippen LogP contribution in [0, 0.1) is 11.8 Å². The predicted molar refractivity (Wildman–Crippen MR) is 100 cm³/mol. The Morgan fingerprint density at radius 2 is 1.71 bits per heavy atom. The Balaban J connectivity index is 1.85. The summed E-state index contributed by atoms with van der Waals surface area (Å²) >= 11 is 0. The highest BCUT2D eigenvalue weighted by Gasteiger charge is 2.44. The smallest absolute Gasteiger partial charge is 0.123 e. The fourth-order valence-corrected chi connectivity index (χ4v) is 4.21. The van der Waals surface area contributed by atoms with Crippen molar-refractivity contribution in [2.75, 3.05) is 6.54 Å². The summed E-state index contributed by atoms with van der Waals surface area (Å²) in [6.07, 6.45) is 2.27. The summed E-state index contributed by atoms with van der Waals surface area (Å²) in [6, 6.07) is 19.2. The van der Waals surface area contributed by atoms with E-state index < -0.39 is 0 Å². The van der Waals surface area contributed by atoms with Crippen LogP contribution in [0.25, 0.3) is 0 Å². The normalized spacial score (nSPS) is 23.2. The van der Waals surface area contributed by atoms with Gasteiger partial charge in [-0.05, 0) is 62.3 Å². The van der Waals surface area contributed by atoms with E-state index in [0.29, 0.717) is 24.3 Å². The zero-order chi connectivity index (χ0) is 17.2. The third-order valence-electron chi connectivity index (χ3n) is 5.58. The standard InChI is InChI=1S/C22H29NO/c1-16(13-14-17-9-5-4-6-10-17)21-18-11-7-8-12-20(18)24-22(2,3)19(21)15-23/h4-12,16,19,21H,13-15,23H2,1-3H3. The van der Waals surface area contributed by atoms with Gasteiger partial charge in [0.15, 0.2) is 0 Å². The van der Waals surface area contributed by atoms with Crippen LogP contribution in [0.3, 0.4) is 0 Å². The second-order valence-corrected chi connectivity index (χ2v) is 7.61. The van der Waals surface area contributed by atoms with Gasteiger partial charge in [-0.3, -0.25) is 0 Å². The molecule has 0 bridgehead atoms. The van der Waals surface area contributed by atoms with Crippen molar-refractivity contribution in [3.63, 3.8) is 0 Å². The van der Waals surface area contributed by atoms with E-state index in [1.807, 2.05) is 0 Å². The van der Waals surface area contributed by atoms with Crippen molar-refractivity contribution >= 4 is 0 Å². The molecule has 1 aliphatic heterocycles. The molecule has 0 aromatic heterocycles. The maximum Gasteiger partial charge on any atom is 0.123 e. The van der Waals surface area contributed by atoms with Gasteiger partial charge in [0.25, 0.3) is 0 Å². The maximum absolute atomic E-state index is 6.29. The number of fused-ring (bicyclic) bond motifs is 1. The van der Waals surface area contributed by atoms with Gasteiger partial charge in [-0.25, -0.2) is 0 Å². The Labute approximate surface area is 146 Å². The van der Waals surface area contributed by atoms with Crippen LogP contribution in [0.4, 0.5) is 0 Å². The van der Waals surface area contributed by atoms with Crippen LogP contribution in [0.1, 0.15) is 44.2 Å². The number of para-hydroxylation sites is 1. The van der Waals surface area contributed by atoms with Crippen molar-refractivity contribution < 1.29 is 4.74 Å². The number of aryl methyl sites for hydroxylation is 1. The fraction of sp³-hybridized carbons (Fsp3) is 0.455. The third-order valence-corrected chi connectivity index (χ3v) is 5.58. The lowest BCUT2D eigenvalue weighted by atomic mass is 9.68. The molecule has 2 aromatic carbocycles. The minimum Gasteiger partial charge on any atom is -0.487 e. The summed E-state index contributed by atoms with van der Waals surface area (Å²) in [5, 5.41) is 0. The predicted octanol–water partition coefficient (Wildman–Crippen LogP) is 4.79. The molecule has 0 amide bonds. The summed E-state index contributed by atoms with van der Waals surface area (Å²) in [4.78, 5) is 0. The van der Waals surface area contributed by atoms with Crippen molar-refractivity contribution in [2.24, 2.45) is 17.6 Å². The SMILES string of the molecule is CC(CCc1ccccc1)C1c2ccccc2OC(C)(C)C1CN. The molecule has 1 heterocycles. The highest BCUT2D eigenvalue weighted by atomic mass is 16.5. The topological polar surface area (TPSA) is 35.2 Å². The molecule has 3 rings (SSSR count). The zero-order valence-corrected chi connectivity index (χ0v) is 15.0. The lowest BCUT2D eigenvalue weighted by molar-refractivity contribution is 0.00258. The minimum absolute atomic E-state index is 0.227. The van der Waals surface area contributed by atoms with Crippen LogP contribution in [-0.4, -0.2) is 12.1 Å². The van der Waals surface area contributed by atoms with Crippen molar-refractivity contribution in [2.45, 2.75) is 45.1 Å².